The van der Waals surface area contributed by atoms with Crippen LogP contribution in [0.25, 0.3) is 0 Å². The van der Waals surface area contributed by atoms with E-state index in [2.05, 4.69) is 10.2 Å². The number of amides is 1. The van der Waals surface area contributed by atoms with Crippen LogP contribution in [0.3, 0.4) is 0 Å². The Labute approximate surface area is 132 Å². The lowest BCUT2D eigenvalue weighted by Gasteiger charge is -2.31. The van der Waals surface area contributed by atoms with Gasteiger partial charge in [-0.3, -0.25) is 9.69 Å². The number of nitrogens with two attached hydrogens (primary N) is 1. The summed E-state index contributed by atoms with van der Waals surface area (Å²) in [4.78, 5) is 14.2. The molecule has 118 valence electrons. The predicted octanol–water partition coefficient (Wildman–Crippen LogP) is 1.73. The number of hydrogen-bond acceptors (Lipinski definition) is 4. The highest BCUT2D eigenvalue weighted by molar-refractivity contribution is 5.92. The summed E-state index contributed by atoms with van der Waals surface area (Å²) in [5.74, 6) is 1.27. The van der Waals surface area contributed by atoms with Crippen molar-refractivity contribution >= 4 is 24.0 Å². The van der Waals surface area contributed by atoms with Crippen LogP contribution in [0.4, 0.5) is 5.69 Å². The Morgan fingerprint density at radius 3 is 3.05 bits per heavy atom. The number of likely N-dealkylation sites (tertiary alicyclic amines) is 1. The number of halogens is 1. The second kappa shape index (κ2) is 8.87. The smallest absolute Gasteiger partial charge is 0.238 e. The summed E-state index contributed by atoms with van der Waals surface area (Å²) in [5.41, 5.74) is 6.48. The van der Waals surface area contributed by atoms with E-state index < -0.39 is 0 Å². The van der Waals surface area contributed by atoms with Crippen molar-refractivity contribution in [3.8, 4) is 5.75 Å². The van der Waals surface area contributed by atoms with Crippen LogP contribution in [0, 0.1) is 5.92 Å². The van der Waals surface area contributed by atoms with E-state index in [1.807, 2.05) is 24.3 Å². The number of carbonyl (C=O) groups excluding carboxylic acids is 1. The van der Waals surface area contributed by atoms with Gasteiger partial charge in [0.1, 0.15) is 5.75 Å². The summed E-state index contributed by atoms with van der Waals surface area (Å²) >= 11 is 0. The fraction of sp³-hybridized carbons (Fsp3) is 0.533. The molecule has 1 aromatic rings. The molecule has 0 saturated carbocycles. The zero-order valence-corrected chi connectivity index (χ0v) is 13.2. The van der Waals surface area contributed by atoms with Crippen LogP contribution in [0.15, 0.2) is 24.3 Å². The predicted molar refractivity (Wildman–Crippen MR) is 87.1 cm³/mol. The molecule has 1 aliphatic rings. The van der Waals surface area contributed by atoms with Crippen molar-refractivity contribution in [2.24, 2.45) is 11.7 Å². The number of nitrogens with zero attached hydrogens (tertiary/aromatic N) is 1. The molecule has 0 aliphatic carbocycles. The van der Waals surface area contributed by atoms with Crippen molar-refractivity contribution in [3.05, 3.63) is 24.3 Å². The molecular formula is C15H24ClN3O2. The Morgan fingerprint density at radius 1 is 1.52 bits per heavy atom. The third-order valence-corrected chi connectivity index (χ3v) is 3.66. The molecule has 5 nitrogen and oxygen atoms in total. The van der Waals surface area contributed by atoms with E-state index >= 15 is 0 Å². The van der Waals surface area contributed by atoms with E-state index in [-0.39, 0.29) is 18.3 Å². The molecule has 1 unspecified atom stereocenters. The van der Waals surface area contributed by atoms with Crippen molar-refractivity contribution in [1.29, 1.82) is 0 Å². The summed E-state index contributed by atoms with van der Waals surface area (Å²) in [6.45, 7) is 3.02. The van der Waals surface area contributed by atoms with E-state index in [1.165, 1.54) is 6.42 Å². The molecule has 1 amide bonds. The van der Waals surface area contributed by atoms with Gasteiger partial charge in [0, 0.05) is 18.3 Å². The van der Waals surface area contributed by atoms with Crippen molar-refractivity contribution < 1.29 is 9.53 Å². The number of ether oxygens (including phenoxy) is 1. The van der Waals surface area contributed by atoms with Gasteiger partial charge in [-0.25, -0.2) is 0 Å². The number of piperidine rings is 1. The van der Waals surface area contributed by atoms with Gasteiger partial charge in [0.15, 0.2) is 0 Å². The molecule has 1 saturated heterocycles. The maximum absolute atomic E-state index is 12.1. The Bertz CT molecular complexity index is 456. The number of nitrogens with one attached hydrogen (secondary N) is 1. The minimum absolute atomic E-state index is 0. The molecule has 1 atom stereocenters. The number of hydrogen-bond donors (Lipinski definition) is 2. The summed E-state index contributed by atoms with van der Waals surface area (Å²) < 4.78 is 5.14. The van der Waals surface area contributed by atoms with Gasteiger partial charge in [-0.15, -0.1) is 12.4 Å². The highest BCUT2D eigenvalue weighted by Crippen LogP contribution is 2.18. The van der Waals surface area contributed by atoms with Crippen LogP contribution >= 0.6 is 12.4 Å². The fourth-order valence-electron chi connectivity index (χ4n) is 2.59. The summed E-state index contributed by atoms with van der Waals surface area (Å²) in [7, 11) is 1.61. The maximum Gasteiger partial charge on any atom is 0.238 e. The van der Waals surface area contributed by atoms with Gasteiger partial charge in [-0.2, -0.15) is 0 Å². The number of carbonyl (C=O) groups is 1. The lowest BCUT2D eigenvalue weighted by Crippen LogP contribution is -2.42. The van der Waals surface area contributed by atoms with Crippen molar-refractivity contribution in [2.45, 2.75) is 12.8 Å². The first kappa shape index (κ1) is 17.8. The topological polar surface area (TPSA) is 67.6 Å². The number of methoxy groups -OCH3 is 1. The SMILES string of the molecule is COc1cccc(NC(=O)CN2CCCC(CN)C2)c1.Cl. The second-order valence-electron chi connectivity index (χ2n) is 5.26. The van der Waals surface area contributed by atoms with Crippen molar-refractivity contribution in [2.75, 3.05) is 38.6 Å². The second-order valence-corrected chi connectivity index (χ2v) is 5.26. The molecule has 0 spiro atoms. The quantitative estimate of drug-likeness (QED) is 0.868. The minimum atomic E-state index is 0. The zero-order valence-electron chi connectivity index (χ0n) is 12.4. The first-order valence-electron chi connectivity index (χ1n) is 7.07. The van der Waals surface area contributed by atoms with Gasteiger partial charge in [0.05, 0.1) is 13.7 Å². The Morgan fingerprint density at radius 2 is 2.33 bits per heavy atom. The molecule has 1 aliphatic heterocycles. The third kappa shape index (κ3) is 5.53. The molecule has 0 aromatic heterocycles. The Kier molecular flexibility index (Phi) is 7.50. The van der Waals surface area contributed by atoms with Crippen LogP contribution in [0.2, 0.25) is 0 Å². The molecule has 0 bridgehead atoms. The van der Waals surface area contributed by atoms with E-state index in [0.29, 0.717) is 19.0 Å². The number of anilines is 1. The van der Waals surface area contributed by atoms with Crippen molar-refractivity contribution in [3.63, 3.8) is 0 Å². The largest absolute Gasteiger partial charge is 0.497 e. The average molecular weight is 314 g/mol. The normalized spacial score (nSPS) is 18.7. The van der Waals surface area contributed by atoms with Crippen LogP contribution in [-0.2, 0) is 4.79 Å². The van der Waals surface area contributed by atoms with Gasteiger partial charge in [-0.1, -0.05) is 6.07 Å². The molecule has 2 rings (SSSR count). The Hall–Kier alpha value is -1.30. The zero-order chi connectivity index (χ0) is 14.4. The van der Waals surface area contributed by atoms with E-state index in [1.54, 1.807) is 7.11 Å². The number of benzene rings is 1. The Balaban J connectivity index is 0.00000220. The van der Waals surface area contributed by atoms with Crippen LogP contribution < -0.4 is 15.8 Å². The summed E-state index contributed by atoms with van der Waals surface area (Å²) in [5, 5.41) is 2.90. The van der Waals surface area contributed by atoms with Crippen LogP contribution in [-0.4, -0.2) is 44.1 Å². The first-order chi connectivity index (χ1) is 9.71. The van der Waals surface area contributed by atoms with Crippen molar-refractivity contribution in [1.82, 2.24) is 4.90 Å². The lowest BCUT2D eigenvalue weighted by molar-refractivity contribution is -0.117. The molecule has 1 heterocycles. The van der Waals surface area contributed by atoms with Gasteiger partial charge < -0.3 is 15.8 Å². The molecule has 1 fully saturated rings. The summed E-state index contributed by atoms with van der Waals surface area (Å²) in [6.07, 6.45) is 2.29. The van der Waals surface area contributed by atoms with E-state index in [4.69, 9.17) is 10.5 Å². The monoisotopic (exact) mass is 313 g/mol. The molecule has 0 radical (unpaired) electrons. The molecular weight excluding hydrogens is 290 g/mol. The fourth-order valence-corrected chi connectivity index (χ4v) is 2.59. The molecule has 6 heteroatoms. The molecule has 3 N–H and O–H groups in total. The number of rotatable bonds is 5. The van der Waals surface area contributed by atoms with Gasteiger partial charge in [-0.05, 0) is 44.0 Å². The molecule has 1 aromatic carbocycles. The highest BCUT2D eigenvalue weighted by Gasteiger charge is 2.20. The first-order valence-corrected chi connectivity index (χ1v) is 7.07. The average Bonchev–Trinajstić information content (AvgIpc) is 2.47. The van der Waals surface area contributed by atoms with Crippen LogP contribution in [0.5, 0.6) is 5.75 Å². The minimum Gasteiger partial charge on any atom is -0.497 e. The van der Waals surface area contributed by atoms with E-state index in [9.17, 15) is 4.79 Å². The highest BCUT2D eigenvalue weighted by atomic mass is 35.5. The lowest BCUT2D eigenvalue weighted by atomic mass is 9.98. The van der Waals surface area contributed by atoms with Gasteiger partial charge >= 0.3 is 0 Å². The standard InChI is InChI=1S/C15H23N3O2.ClH/c1-20-14-6-2-5-13(8-14)17-15(19)11-18-7-3-4-12(9-16)10-18;/h2,5-6,8,12H,3-4,7,9-11,16H2,1H3,(H,17,19);1H. The summed E-state index contributed by atoms with van der Waals surface area (Å²) in [6, 6.07) is 7.39. The van der Waals surface area contributed by atoms with Crippen LogP contribution in [0.1, 0.15) is 12.8 Å². The maximum atomic E-state index is 12.1. The van der Waals surface area contributed by atoms with Gasteiger partial charge in [0.2, 0.25) is 5.91 Å². The van der Waals surface area contributed by atoms with E-state index in [0.717, 1.165) is 30.9 Å². The van der Waals surface area contributed by atoms with Gasteiger partial charge in [0.25, 0.3) is 0 Å². The molecule has 21 heavy (non-hydrogen) atoms. The third-order valence-electron chi connectivity index (χ3n) is 3.66.